The topological polar surface area (TPSA) is 46.5 Å². The highest BCUT2D eigenvalue weighted by Gasteiger charge is 2.17. The van der Waals surface area contributed by atoms with Gasteiger partial charge in [-0.1, -0.05) is 0 Å². The molecular weight excluding hydrogens is 208 g/mol. The molecule has 1 aromatic carbocycles. The lowest BCUT2D eigenvalue weighted by atomic mass is 10.1. The molecule has 1 N–H and O–H groups in total. The van der Waals surface area contributed by atoms with Gasteiger partial charge >= 0.3 is 5.97 Å². The summed E-state index contributed by atoms with van der Waals surface area (Å²) in [6.07, 6.45) is 0. The molecule has 0 amide bonds. The van der Waals surface area contributed by atoms with Crippen LogP contribution in [0.15, 0.2) is 18.2 Å². The van der Waals surface area contributed by atoms with Crippen molar-refractivity contribution in [2.45, 2.75) is 26.6 Å². The molecule has 0 aliphatic rings. The van der Waals surface area contributed by atoms with E-state index in [1.807, 2.05) is 6.92 Å². The molecule has 1 aromatic rings. The third-order valence-electron chi connectivity index (χ3n) is 1.84. The SMILES string of the molecule is Cc1cc(C(=O)O)ccc1O[Si](C)(C)C. The van der Waals surface area contributed by atoms with Gasteiger partial charge in [0.2, 0.25) is 8.32 Å². The summed E-state index contributed by atoms with van der Waals surface area (Å²) in [5.41, 5.74) is 1.17. The molecule has 82 valence electrons. The maximum absolute atomic E-state index is 10.7. The molecule has 0 spiro atoms. The summed E-state index contributed by atoms with van der Waals surface area (Å²) >= 11 is 0. The number of hydrogen-bond acceptors (Lipinski definition) is 2. The molecule has 0 heterocycles. The van der Waals surface area contributed by atoms with Crippen LogP contribution in [0, 0.1) is 6.92 Å². The van der Waals surface area contributed by atoms with Gasteiger partial charge in [0.1, 0.15) is 5.75 Å². The zero-order valence-corrected chi connectivity index (χ0v) is 10.5. The van der Waals surface area contributed by atoms with Gasteiger partial charge in [-0.2, -0.15) is 0 Å². The zero-order chi connectivity index (χ0) is 11.6. The van der Waals surface area contributed by atoms with E-state index in [-0.39, 0.29) is 0 Å². The van der Waals surface area contributed by atoms with Crippen LogP contribution in [0.25, 0.3) is 0 Å². The molecule has 0 aliphatic heterocycles. The van der Waals surface area contributed by atoms with E-state index in [1.165, 1.54) is 0 Å². The van der Waals surface area contributed by atoms with Crippen LogP contribution in [-0.4, -0.2) is 19.4 Å². The van der Waals surface area contributed by atoms with Gasteiger partial charge in [0.15, 0.2) is 0 Å². The molecular formula is C11H16O3Si. The first-order valence-corrected chi connectivity index (χ1v) is 8.23. The van der Waals surface area contributed by atoms with Crippen molar-refractivity contribution in [3.8, 4) is 5.75 Å². The van der Waals surface area contributed by atoms with Gasteiger partial charge in [0.25, 0.3) is 0 Å². The first-order chi connectivity index (χ1) is 6.79. The molecule has 0 aliphatic carbocycles. The highest BCUT2D eigenvalue weighted by Crippen LogP contribution is 2.22. The van der Waals surface area contributed by atoms with E-state index in [2.05, 4.69) is 19.6 Å². The second-order valence-corrected chi connectivity index (χ2v) is 8.93. The second-order valence-electron chi connectivity index (χ2n) is 4.50. The maximum atomic E-state index is 10.7. The largest absolute Gasteiger partial charge is 0.544 e. The van der Waals surface area contributed by atoms with Gasteiger partial charge in [-0.3, -0.25) is 0 Å². The van der Waals surface area contributed by atoms with Crippen LogP contribution < -0.4 is 4.43 Å². The fourth-order valence-electron chi connectivity index (χ4n) is 1.23. The Morgan fingerprint density at radius 3 is 2.33 bits per heavy atom. The summed E-state index contributed by atoms with van der Waals surface area (Å²) in [5, 5.41) is 8.80. The van der Waals surface area contributed by atoms with E-state index < -0.39 is 14.3 Å². The number of carboxylic acid groups (broad SMARTS) is 1. The standard InChI is InChI=1S/C11H16O3Si/c1-8-7-9(11(12)13)5-6-10(8)14-15(2,3)4/h5-7H,1-4H3,(H,12,13). The van der Waals surface area contributed by atoms with Gasteiger partial charge in [0, 0.05) is 0 Å². The van der Waals surface area contributed by atoms with Crippen LogP contribution in [0.2, 0.25) is 19.6 Å². The Balaban J connectivity index is 2.99. The molecule has 1 rings (SSSR count). The molecule has 4 heteroatoms. The minimum absolute atomic E-state index is 0.301. The van der Waals surface area contributed by atoms with Crippen molar-refractivity contribution < 1.29 is 14.3 Å². The average Bonchev–Trinajstić information content (AvgIpc) is 2.05. The van der Waals surface area contributed by atoms with E-state index in [9.17, 15) is 4.79 Å². The monoisotopic (exact) mass is 224 g/mol. The summed E-state index contributed by atoms with van der Waals surface area (Å²) < 4.78 is 5.81. The van der Waals surface area contributed by atoms with E-state index in [0.717, 1.165) is 11.3 Å². The minimum atomic E-state index is -1.62. The van der Waals surface area contributed by atoms with Crippen molar-refractivity contribution in [2.24, 2.45) is 0 Å². The molecule has 15 heavy (non-hydrogen) atoms. The third kappa shape index (κ3) is 3.40. The molecule has 0 saturated carbocycles. The number of hydrogen-bond donors (Lipinski definition) is 1. The van der Waals surface area contributed by atoms with Crippen molar-refractivity contribution in [1.82, 2.24) is 0 Å². The lowest BCUT2D eigenvalue weighted by molar-refractivity contribution is 0.0697. The van der Waals surface area contributed by atoms with Crippen molar-refractivity contribution in [3.05, 3.63) is 29.3 Å². The number of carboxylic acids is 1. The Bertz CT molecular complexity index is 380. The van der Waals surface area contributed by atoms with Crippen molar-refractivity contribution >= 4 is 14.3 Å². The minimum Gasteiger partial charge on any atom is -0.544 e. The van der Waals surface area contributed by atoms with Crippen LogP contribution in [0.4, 0.5) is 0 Å². The molecule has 0 radical (unpaired) electrons. The number of carbonyl (C=O) groups is 1. The average molecular weight is 224 g/mol. The quantitative estimate of drug-likeness (QED) is 0.803. The molecule has 0 atom stereocenters. The highest BCUT2D eigenvalue weighted by atomic mass is 28.4. The van der Waals surface area contributed by atoms with Gasteiger partial charge in [-0.05, 0) is 50.3 Å². The van der Waals surface area contributed by atoms with E-state index in [0.29, 0.717) is 5.56 Å². The molecule has 0 bridgehead atoms. The molecule has 0 saturated heterocycles. The Morgan fingerprint density at radius 2 is 1.93 bits per heavy atom. The number of rotatable bonds is 3. The first kappa shape index (κ1) is 11.8. The van der Waals surface area contributed by atoms with E-state index >= 15 is 0 Å². The fraction of sp³-hybridized carbons (Fsp3) is 0.364. The van der Waals surface area contributed by atoms with Gasteiger partial charge in [0.05, 0.1) is 5.56 Å². The van der Waals surface area contributed by atoms with Crippen LogP contribution in [0.1, 0.15) is 15.9 Å². The van der Waals surface area contributed by atoms with E-state index in [1.54, 1.807) is 18.2 Å². The van der Waals surface area contributed by atoms with Crippen LogP contribution >= 0.6 is 0 Å². The normalized spacial score (nSPS) is 11.2. The summed E-state index contributed by atoms with van der Waals surface area (Å²) in [7, 11) is -1.62. The van der Waals surface area contributed by atoms with Gasteiger partial charge < -0.3 is 9.53 Å². The van der Waals surface area contributed by atoms with Crippen LogP contribution in [0.5, 0.6) is 5.75 Å². The van der Waals surface area contributed by atoms with Crippen molar-refractivity contribution in [3.63, 3.8) is 0 Å². The predicted octanol–water partition coefficient (Wildman–Crippen LogP) is 2.91. The lowest BCUT2D eigenvalue weighted by Crippen LogP contribution is -2.29. The molecule has 3 nitrogen and oxygen atoms in total. The van der Waals surface area contributed by atoms with Gasteiger partial charge in [-0.15, -0.1) is 0 Å². The Hall–Kier alpha value is -1.29. The number of benzene rings is 1. The fourth-order valence-corrected chi connectivity index (χ4v) is 2.12. The first-order valence-electron chi connectivity index (χ1n) is 4.82. The molecule has 0 aromatic heterocycles. The third-order valence-corrected chi connectivity index (χ3v) is 2.67. The molecule has 0 unspecified atom stereocenters. The summed E-state index contributed by atoms with van der Waals surface area (Å²) in [6, 6.07) is 4.94. The predicted molar refractivity (Wildman–Crippen MR) is 62.1 cm³/mol. The van der Waals surface area contributed by atoms with Gasteiger partial charge in [-0.25, -0.2) is 4.79 Å². The van der Waals surface area contributed by atoms with Crippen molar-refractivity contribution in [2.75, 3.05) is 0 Å². The molecule has 0 fully saturated rings. The summed E-state index contributed by atoms with van der Waals surface area (Å²) in [5.74, 6) is -0.114. The van der Waals surface area contributed by atoms with Crippen LogP contribution in [0.3, 0.4) is 0 Å². The summed E-state index contributed by atoms with van der Waals surface area (Å²) in [4.78, 5) is 10.7. The smallest absolute Gasteiger partial charge is 0.335 e. The van der Waals surface area contributed by atoms with Crippen LogP contribution in [-0.2, 0) is 0 Å². The second kappa shape index (κ2) is 4.06. The number of aryl methyl sites for hydroxylation is 1. The highest BCUT2D eigenvalue weighted by molar-refractivity contribution is 6.70. The Kier molecular flexibility index (Phi) is 3.19. The summed E-state index contributed by atoms with van der Waals surface area (Å²) in [6.45, 7) is 8.15. The lowest BCUT2D eigenvalue weighted by Gasteiger charge is -2.20. The zero-order valence-electron chi connectivity index (χ0n) is 9.50. The maximum Gasteiger partial charge on any atom is 0.335 e. The van der Waals surface area contributed by atoms with E-state index in [4.69, 9.17) is 9.53 Å². The van der Waals surface area contributed by atoms with Crippen molar-refractivity contribution in [1.29, 1.82) is 0 Å². The Morgan fingerprint density at radius 1 is 1.33 bits per heavy atom. The number of aromatic carboxylic acids is 1. The Labute approximate surface area is 90.8 Å².